The van der Waals surface area contributed by atoms with Gasteiger partial charge >= 0.3 is 5.97 Å². The minimum atomic E-state index is -1.18. The number of aryl methyl sites for hydroxylation is 1. The number of thioether (sulfide) groups is 1. The van der Waals surface area contributed by atoms with E-state index in [0.717, 1.165) is 27.3 Å². The van der Waals surface area contributed by atoms with Gasteiger partial charge in [0, 0.05) is 21.5 Å². The summed E-state index contributed by atoms with van der Waals surface area (Å²) in [6.45, 7) is 2.03. The number of carbonyl (C=O) groups is 3. The van der Waals surface area contributed by atoms with Crippen molar-refractivity contribution in [1.29, 1.82) is 0 Å². The molecule has 2 amide bonds. The summed E-state index contributed by atoms with van der Waals surface area (Å²) in [5, 5.41) is 17.0. The number of aromatic nitrogens is 1. The average molecular weight is 580 g/mol. The number of carboxylic acids is 1. The number of hydrogen-bond acceptors (Lipinski definition) is 6. The van der Waals surface area contributed by atoms with E-state index in [1.54, 1.807) is 30.3 Å². The lowest BCUT2D eigenvalue weighted by molar-refractivity contribution is -0.115. The van der Waals surface area contributed by atoms with Crippen LogP contribution in [0, 0.1) is 6.92 Å². The maximum atomic E-state index is 13.6. The van der Waals surface area contributed by atoms with Gasteiger partial charge in [0.15, 0.2) is 5.13 Å². The largest absolute Gasteiger partial charge is 0.478 e. The van der Waals surface area contributed by atoms with Gasteiger partial charge in [-0.3, -0.25) is 9.59 Å². The molecule has 41 heavy (non-hydrogen) atoms. The van der Waals surface area contributed by atoms with Crippen molar-refractivity contribution in [2.75, 3.05) is 10.6 Å². The number of carbonyl (C=O) groups excluding carboxylic acids is 2. The molecule has 7 nitrogen and oxygen atoms in total. The summed E-state index contributed by atoms with van der Waals surface area (Å²) in [5.74, 6) is -1.94. The fourth-order valence-electron chi connectivity index (χ4n) is 4.11. The Balaban J connectivity index is 1.34. The summed E-state index contributed by atoms with van der Waals surface area (Å²) in [6.07, 6.45) is 0. The number of nitrogens with one attached hydrogen (secondary N) is 2. The summed E-state index contributed by atoms with van der Waals surface area (Å²) < 4.78 is 0. The summed E-state index contributed by atoms with van der Waals surface area (Å²) >= 11 is 2.70. The van der Waals surface area contributed by atoms with Gasteiger partial charge < -0.3 is 15.7 Å². The van der Waals surface area contributed by atoms with Crippen molar-refractivity contribution in [2.24, 2.45) is 0 Å². The van der Waals surface area contributed by atoms with Gasteiger partial charge in [0.25, 0.3) is 5.91 Å². The van der Waals surface area contributed by atoms with Crippen molar-refractivity contribution < 1.29 is 19.5 Å². The number of benzene rings is 4. The van der Waals surface area contributed by atoms with Gasteiger partial charge in [0.05, 0.1) is 16.8 Å². The van der Waals surface area contributed by atoms with E-state index in [4.69, 9.17) is 0 Å². The van der Waals surface area contributed by atoms with Crippen LogP contribution in [0.5, 0.6) is 0 Å². The molecule has 0 aliphatic rings. The molecule has 0 saturated carbocycles. The Morgan fingerprint density at radius 3 is 2.27 bits per heavy atom. The highest BCUT2D eigenvalue weighted by molar-refractivity contribution is 8.00. The first-order valence-corrected chi connectivity index (χ1v) is 14.4. The maximum absolute atomic E-state index is 13.6. The highest BCUT2D eigenvalue weighted by Crippen LogP contribution is 2.38. The van der Waals surface area contributed by atoms with E-state index >= 15 is 0 Å². The molecular weight excluding hydrogens is 555 g/mol. The summed E-state index contributed by atoms with van der Waals surface area (Å²) in [6, 6.07) is 30.6. The molecule has 1 heterocycles. The van der Waals surface area contributed by atoms with Crippen molar-refractivity contribution in [1.82, 2.24) is 4.98 Å². The lowest BCUT2D eigenvalue weighted by Crippen LogP contribution is -2.19. The molecule has 0 radical (unpaired) electrons. The van der Waals surface area contributed by atoms with Crippen LogP contribution >= 0.6 is 23.1 Å². The molecule has 1 aromatic heterocycles. The van der Waals surface area contributed by atoms with Gasteiger partial charge in [0.1, 0.15) is 5.25 Å². The van der Waals surface area contributed by atoms with Gasteiger partial charge in [0.2, 0.25) is 5.91 Å². The Hall–Kier alpha value is -4.73. The maximum Gasteiger partial charge on any atom is 0.336 e. The molecule has 0 aliphatic carbocycles. The molecule has 0 spiro atoms. The number of nitrogens with zero attached hydrogens (tertiary/aromatic N) is 1. The van der Waals surface area contributed by atoms with Crippen LogP contribution in [0.3, 0.4) is 0 Å². The van der Waals surface area contributed by atoms with Crippen LogP contribution in [-0.2, 0) is 4.79 Å². The smallest absolute Gasteiger partial charge is 0.336 e. The van der Waals surface area contributed by atoms with Gasteiger partial charge in [-0.1, -0.05) is 78.4 Å². The van der Waals surface area contributed by atoms with Crippen molar-refractivity contribution >= 4 is 51.7 Å². The van der Waals surface area contributed by atoms with E-state index in [9.17, 15) is 19.5 Å². The van der Waals surface area contributed by atoms with E-state index in [1.165, 1.54) is 35.2 Å². The average Bonchev–Trinajstić information content (AvgIpc) is 3.45. The predicted molar refractivity (Wildman–Crippen MR) is 164 cm³/mol. The molecule has 1 atom stereocenters. The van der Waals surface area contributed by atoms with Crippen LogP contribution < -0.4 is 10.6 Å². The van der Waals surface area contributed by atoms with E-state index < -0.39 is 17.1 Å². The lowest BCUT2D eigenvalue weighted by atomic mass is 10.1. The Bertz CT molecular complexity index is 1700. The first-order valence-electron chi connectivity index (χ1n) is 12.7. The number of rotatable bonds is 9. The number of anilines is 2. The van der Waals surface area contributed by atoms with Crippen LogP contribution in [0.2, 0.25) is 0 Å². The van der Waals surface area contributed by atoms with Crippen LogP contribution in [0.4, 0.5) is 10.8 Å². The molecule has 5 rings (SSSR count). The quantitative estimate of drug-likeness (QED) is 0.156. The second-order valence-corrected chi connectivity index (χ2v) is 11.2. The number of thiazole rings is 1. The standard InChI is InChI=1S/C32H25N3O4S2/c1-20-14-16-21(17-15-20)27-19-40-32(34-27)35-30(37)28(22-8-3-2-4-9-22)41-24-11-7-10-23(18-24)33-29(36)25-12-5-6-13-26(25)31(38)39/h2-19,28H,1H3,(H,33,36)(H,38,39)(H,34,35,37). The second kappa shape index (κ2) is 12.6. The summed E-state index contributed by atoms with van der Waals surface area (Å²) in [7, 11) is 0. The second-order valence-electron chi connectivity index (χ2n) is 9.13. The molecule has 0 aliphatic heterocycles. The van der Waals surface area contributed by atoms with Crippen LogP contribution in [0.1, 0.15) is 37.1 Å². The number of hydrogen-bond donors (Lipinski definition) is 3. The summed E-state index contributed by atoms with van der Waals surface area (Å²) in [5.41, 5.74) is 4.21. The Morgan fingerprint density at radius 1 is 0.829 bits per heavy atom. The van der Waals surface area contributed by atoms with Crippen LogP contribution in [-0.4, -0.2) is 27.9 Å². The van der Waals surface area contributed by atoms with E-state index in [0.29, 0.717) is 10.8 Å². The first kappa shape index (κ1) is 27.8. The number of carboxylic acid groups (broad SMARTS) is 1. The third-order valence-electron chi connectivity index (χ3n) is 6.17. The number of aromatic carboxylic acids is 1. The molecule has 0 fully saturated rings. The molecule has 9 heteroatoms. The first-order chi connectivity index (χ1) is 19.9. The minimum Gasteiger partial charge on any atom is -0.478 e. The van der Waals surface area contributed by atoms with Gasteiger partial charge in [-0.05, 0) is 42.8 Å². The topological polar surface area (TPSA) is 108 Å². The fraction of sp³-hybridized carbons (Fsp3) is 0.0625. The van der Waals surface area contributed by atoms with Gasteiger partial charge in [-0.15, -0.1) is 23.1 Å². The van der Waals surface area contributed by atoms with Crippen molar-refractivity contribution in [3.63, 3.8) is 0 Å². The fourth-order valence-corrected chi connectivity index (χ4v) is 5.92. The van der Waals surface area contributed by atoms with E-state index in [1.807, 2.05) is 73.0 Å². The van der Waals surface area contributed by atoms with Gasteiger partial charge in [-0.2, -0.15) is 0 Å². The Morgan fingerprint density at radius 2 is 1.54 bits per heavy atom. The third-order valence-corrected chi connectivity index (χ3v) is 8.18. The lowest BCUT2D eigenvalue weighted by Gasteiger charge is -2.17. The predicted octanol–water partition coefficient (Wildman–Crippen LogP) is 7.54. The Kier molecular flexibility index (Phi) is 8.57. The monoisotopic (exact) mass is 579 g/mol. The van der Waals surface area contributed by atoms with Crippen molar-refractivity contribution in [3.05, 3.63) is 131 Å². The molecule has 1 unspecified atom stereocenters. The highest BCUT2D eigenvalue weighted by Gasteiger charge is 2.24. The molecule has 3 N–H and O–H groups in total. The zero-order valence-corrected chi connectivity index (χ0v) is 23.5. The zero-order valence-electron chi connectivity index (χ0n) is 21.9. The molecular formula is C32H25N3O4S2. The van der Waals surface area contributed by atoms with Crippen LogP contribution in [0.15, 0.2) is 113 Å². The number of amides is 2. The Labute approximate surface area is 245 Å². The van der Waals surface area contributed by atoms with Crippen molar-refractivity contribution in [2.45, 2.75) is 17.1 Å². The molecule has 204 valence electrons. The van der Waals surface area contributed by atoms with Crippen LogP contribution in [0.25, 0.3) is 11.3 Å². The third kappa shape index (κ3) is 6.89. The highest BCUT2D eigenvalue weighted by atomic mass is 32.2. The van der Waals surface area contributed by atoms with E-state index in [-0.39, 0.29) is 17.0 Å². The molecule has 5 aromatic rings. The SMILES string of the molecule is Cc1ccc(-c2csc(NC(=O)C(Sc3cccc(NC(=O)c4ccccc4C(=O)O)c3)c3ccccc3)n2)cc1. The van der Waals surface area contributed by atoms with Gasteiger partial charge in [-0.25, -0.2) is 9.78 Å². The normalized spacial score (nSPS) is 11.4. The van der Waals surface area contributed by atoms with E-state index in [2.05, 4.69) is 15.6 Å². The minimum absolute atomic E-state index is 0.0630. The summed E-state index contributed by atoms with van der Waals surface area (Å²) in [4.78, 5) is 43.4. The van der Waals surface area contributed by atoms with Crippen molar-refractivity contribution in [3.8, 4) is 11.3 Å². The molecule has 4 aromatic carbocycles. The zero-order chi connectivity index (χ0) is 28.8. The molecule has 0 saturated heterocycles. The molecule has 0 bridgehead atoms.